The van der Waals surface area contributed by atoms with Crippen LogP contribution in [0, 0.1) is 0 Å². The lowest BCUT2D eigenvalue weighted by molar-refractivity contribution is -0.174. The number of esters is 1. The van der Waals surface area contributed by atoms with Crippen molar-refractivity contribution < 1.29 is 14.6 Å². The first-order chi connectivity index (χ1) is 5.70. The Morgan fingerprint density at radius 3 is 2.75 bits per heavy atom. The lowest BCUT2D eigenvalue weighted by Gasteiger charge is -2.07. The normalized spacial score (nSPS) is 12.2. The molecule has 0 saturated heterocycles. The van der Waals surface area contributed by atoms with E-state index < -0.39 is 12.3 Å². The predicted octanol–water partition coefficient (Wildman–Crippen LogP) is 2.05. The van der Waals surface area contributed by atoms with E-state index >= 15 is 0 Å². The molecule has 0 spiro atoms. The minimum Gasteiger partial charge on any atom is -0.430 e. The van der Waals surface area contributed by atoms with E-state index in [-0.39, 0.29) is 0 Å². The largest absolute Gasteiger partial charge is 0.430 e. The number of unbranched alkanes of at least 4 members (excludes halogenated alkanes) is 2. The highest BCUT2D eigenvalue weighted by Gasteiger charge is 2.08. The molecule has 0 aliphatic heterocycles. The zero-order valence-corrected chi connectivity index (χ0v) is 7.41. The Hall–Kier alpha value is -0.830. The molecular weight excluding hydrogens is 156 g/mol. The molecule has 0 aromatic heterocycles. The van der Waals surface area contributed by atoms with Crippen LogP contribution >= 0.6 is 0 Å². The third kappa shape index (κ3) is 5.92. The van der Waals surface area contributed by atoms with Crippen LogP contribution in [0.4, 0.5) is 0 Å². The Kier molecular flexibility index (Phi) is 6.38. The van der Waals surface area contributed by atoms with Crippen LogP contribution in [0.2, 0.25) is 0 Å². The fourth-order valence-electron chi connectivity index (χ4n) is 0.798. The van der Waals surface area contributed by atoms with Gasteiger partial charge in [-0.3, -0.25) is 0 Å². The molecule has 3 nitrogen and oxygen atoms in total. The summed E-state index contributed by atoms with van der Waals surface area (Å²) >= 11 is 0. The Morgan fingerprint density at radius 2 is 2.25 bits per heavy atom. The topological polar surface area (TPSA) is 46.2 Å². The van der Waals surface area contributed by atoms with Crippen molar-refractivity contribution >= 4 is 5.97 Å². The summed E-state index contributed by atoms with van der Waals surface area (Å²) in [6.45, 7) is 5.25. The molecule has 1 radical (unpaired) electrons. The van der Waals surface area contributed by atoms with Gasteiger partial charge in [0.1, 0.15) is 0 Å². The van der Waals surface area contributed by atoms with E-state index in [2.05, 4.69) is 18.2 Å². The molecule has 0 fully saturated rings. The van der Waals surface area contributed by atoms with Crippen LogP contribution < -0.4 is 0 Å². The van der Waals surface area contributed by atoms with Gasteiger partial charge in [-0.2, -0.15) is 5.11 Å². The van der Waals surface area contributed by atoms with E-state index in [0.717, 1.165) is 25.3 Å². The van der Waals surface area contributed by atoms with Crippen molar-refractivity contribution in [3.05, 3.63) is 12.7 Å². The minimum absolute atomic E-state index is 0.396. The number of hydrogen-bond donors (Lipinski definition) is 0. The first-order valence-electron chi connectivity index (χ1n) is 4.19. The number of carbonyl (C=O) groups excluding carboxylic acids is 1. The molecule has 1 unspecified atom stereocenters. The molecule has 0 aromatic carbocycles. The summed E-state index contributed by atoms with van der Waals surface area (Å²) in [4.78, 5) is 10.5. The minimum atomic E-state index is -1.22. The zero-order chi connectivity index (χ0) is 9.40. The molecule has 0 aromatic rings. The Labute approximate surface area is 73.0 Å². The molecule has 0 aliphatic carbocycles. The van der Waals surface area contributed by atoms with Gasteiger partial charge in [0.05, 0.1) is 0 Å². The van der Waals surface area contributed by atoms with Crippen LogP contribution in [0.25, 0.3) is 0 Å². The van der Waals surface area contributed by atoms with Gasteiger partial charge in [-0.25, -0.2) is 4.79 Å². The summed E-state index contributed by atoms with van der Waals surface area (Å²) in [6.07, 6.45) is 3.06. The molecule has 3 heteroatoms. The molecule has 69 valence electrons. The Morgan fingerprint density at radius 1 is 1.58 bits per heavy atom. The Balaban J connectivity index is 3.38. The fourth-order valence-corrected chi connectivity index (χ4v) is 0.798. The van der Waals surface area contributed by atoms with E-state index in [0.29, 0.717) is 6.42 Å². The van der Waals surface area contributed by atoms with Gasteiger partial charge >= 0.3 is 5.97 Å². The van der Waals surface area contributed by atoms with Gasteiger partial charge in [0.2, 0.25) is 6.29 Å². The number of carbonyl (C=O) groups is 1. The van der Waals surface area contributed by atoms with Gasteiger partial charge in [-0.05, 0) is 6.42 Å². The van der Waals surface area contributed by atoms with Crippen molar-refractivity contribution in [2.75, 3.05) is 0 Å². The quantitative estimate of drug-likeness (QED) is 0.266. The highest BCUT2D eigenvalue weighted by atomic mass is 16.6. The average Bonchev–Trinajstić information content (AvgIpc) is 2.05. The monoisotopic (exact) mass is 171 g/mol. The van der Waals surface area contributed by atoms with Crippen molar-refractivity contribution in [3.63, 3.8) is 0 Å². The smallest absolute Gasteiger partial charge is 0.332 e. The van der Waals surface area contributed by atoms with Crippen molar-refractivity contribution in [3.8, 4) is 0 Å². The molecule has 0 saturated carbocycles. The van der Waals surface area contributed by atoms with Gasteiger partial charge in [0, 0.05) is 12.5 Å². The number of rotatable bonds is 6. The summed E-state index contributed by atoms with van der Waals surface area (Å²) in [5.41, 5.74) is 0. The van der Waals surface area contributed by atoms with E-state index in [1.807, 2.05) is 0 Å². The SMILES string of the molecule is C=CC(=O)OC([O])CCCCC. The number of ether oxygens (including phenoxy) is 1. The molecule has 0 amide bonds. The van der Waals surface area contributed by atoms with Crippen LogP contribution in [-0.2, 0) is 14.6 Å². The van der Waals surface area contributed by atoms with E-state index in [1.54, 1.807) is 0 Å². The van der Waals surface area contributed by atoms with Gasteiger partial charge in [0.15, 0.2) is 0 Å². The highest BCUT2D eigenvalue weighted by molar-refractivity contribution is 5.81. The maximum atomic E-state index is 10.9. The van der Waals surface area contributed by atoms with Gasteiger partial charge in [-0.15, -0.1) is 0 Å². The molecular formula is C9H15O3. The second-order valence-electron chi connectivity index (χ2n) is 2.57. The molecule has 0 aliphatic rings. The van der Waals surface area contributed by atoms with Gasteiger partial charge < -0.3 is 4.74 Å². The summed E-state index contributed by atoms with van der Waals surface area (Å²) in [5.74, 6) is -0.633. The third-order valence-corrected chi connectivity index (χ3v) is 1.46. The van der Waals surface area contributed by atoms with Crippen LogP contribution in [0.3, 0.4) is 0 Å². The van der Waals surface area contributed by atoms with E-state index in [9.17, 15) is 9.90 Å². The first-order valence-corrected chi connectivity index (χ1v) is 4.19. The highest BCUT2D eigenvalue weighted by Crippen LogP contribution is 2.04. The first kappa shape index (κ1) is 11.2. The molecule has 1 atom stereocenters. The second kappa shape index (κ2) is 6.85. The molecule has 12 heavy (non-hydrogen) atoms. The maximum absolute atomic E-state index is 10.9. The predicted molar refractivity (Wildman–Crippen MR) is 44.9 cm³/mol. The molecule has 0 bridgehead atoms. The molecule has 0 heterocycles. The van der Waals surface area contributed by atoms with E-state index in [4.69, 9.17) is 0 Å². The molecule has 0 N–H and O–H groups in total. The van der Waals surface area contributed by atoms with Gasteiger partial charge in [-0.1, -0.05) is 26.3 Å². The fraction of sp³-hybridized carbons (Fsp3) is 0.667. The lowest BCUT2D eigenvalue weighted by Crippen LogP contribution is -2.14. The number of hydrogen-bond acceptors (Lipinski definition) is 2. The zero-order valence-electron chi connectivity index (χ0n) is 7.41. The third-order valence-electron chi connectivity index (χ3n) is 1.46. The standard InChI is InChI=1S/C9H15O3/c1-3-5-6-7-9(11)12-8(10)4-2/h4,9H,2-3,5-7H2,1H3. The summed E-state index contributed by atoms with van der Waals surface area (Å²) in [5, 5.41) is 10.9. The van der Waals surface area contributed by atoms with Crippen LogP contribution in [0.5, 0.6) is 0 Å². The summed E-state index contributed by atoms with van der Waals surface area (Å²) in [7, 11) is 0. The van der Waals surface area contributed by atoms with Crippen molar-refractivity contribution in [1.82, 2.24) is 0 Å². The van der Waals surface area contributed by atoms with Crippen LogP contribution in [0.15, 0.2) is 12.7 Å². The van der Waals surface area contributed by atoms with Crippen molar-refractivity contribution in [1.29, 1.82) is 0 Å². The average molecular weight is 171 g/mol. The van der Waals surface area contributed by atoms with Crippen molar-refractivity contribution in [2.24, 2.45) is 0 Å². The summed E-state index contributed by atoms with van der Waals surface area (Å²) < 4.78 is 4.43. The summed E-state index contributed by atoms with van der Waals surface area (Å²) in [6, 6.07) is 0. The van der Waals surface area contributed by atoms with Crippen LogP contribution in [-0.4, -0.2) is 12.3 Å². The van der Waals surface area contributed by atoms with Gasteiger partial charge in [0.25, 0.3) is 0 Å². The second-order valence-corrected chi connectivity index (χ2v) is 2.57. The van der Waals surface area contributed by atoms with E-state index in [1.165, 1.54) is 0 Å². The maximum Gasteiger partial charge on any atom is 0.332 e. The molecule has 0 rings (SSSR count). The van der Waals surface area contributed by atoms with Crippen LogP contribution in [0.1, 0.15) is 32.6 Å². The Bertz CT molecular complexity index is 143. The lowest BCUT2D eigenvalue weighted by atomic mass is 10.2. The van der Waals surface area contributed by atoms with Crippen molar-refractivity contribution in [2.45, 2.75) is 38.9 Å².